The van der Waals surface area contributed by atoms with Gasteiger partial charge in [-0.05, 0) is 37.1 Å². The SMILES string of the molecule is CCNC(=NCc1ccc(C)cc1OCCCOC)NCc1ccccc1-n1ccnc1.I. The lowest BCUT2D eigenvalue weighted by Gasteiger charge is -2.15. The van der Waals surface area contributed by atoms with Crippen LogP contribution in [0.4, 0.5) is 0 Å². The lowest BCUT2D eigenvalue weighted by Crippen LogP contribution is -2.37. The second kappa shape index (κ2) is 14.5. The Labute approximate surface area is 213 Å². The van der Waals surface area contributed by atoms with E-state index >= 15 is 0 Å². The average Bonchev–Trinajstić information content (AvgIpc) is 3.34. The van der Waals surface area contributed by atoms with Gasteiger partial charge in [-0.25, -0.2) is 9.98 Å². The summed E-state index contributed by atoms with van der Waals surface area (Å²) in [7, 11) is 1.70. The van der Waals surface area contributed by atoms with Gasteiger partial charge in [0, 0.05) is 51.2 Å². The minimum absolute atomic E-state index is 0. The van der Waals surface area contributed by atoms with Crippen LogP contribution in [0.25, 0.3) is 5.69 Å². The van der Waals surface area contributed by atoms with Crippen molar-refractivity contribution in [3.8, 4) is 11.4 Å². The molecule has 0 spiro atoms. The van der Waals surface area contributed by atoms with Crippen LogP contribution in [0.1, 0.15) is 30.0 Å². The van der Waals surface area contributed by atoms with Gasteiger partial charge in [0.15, 0.2) is 5.96 Å². The fourth-order valence-electron chi connectivity index (χ4n) is 3.31. The summed E-state index contributed by atoms with van der Waals surface area (Å²) < 4.78 is 13.1. The van der Waals surface area contributed by atoms with Crippen molar-refractivity contribution in [2.24, 2.45) is 4.99 Å². The van der Waals surface area contributed by atoms with Gasteiger partial charge < -0.3 is 24.7 Å². The van der Waals surface area contributed by atoms with Crippen LogP contribution in [0.3, 0.4) is 0 Å². The predicted octanol–water partition coefficient (Wildman–Crippen LogP) is 4.47. The lowest BCUT2D eigenvalue weighted by molar-refractivity contribution is 0.172. The summed E-state index contributed by atoms with van der Waals surface area (Å²) in [5.41, 5.74) is 4.48. The van der Waals surface area contributed by atoms with E-state index in [0.717, 1.165) is 41.5 Å². The van der Waals surface area contributed by atoms with E-state index in [-0.39, 0.29) is 24.0 Å². The number of benzene rings is 2. The summed E-state index contributed by atoms with van der Waals surface area (Å²) >= 11 is 0. The van der Waals surface area contributed by atoms with Gasteiger partial charge in [-0.15, -0.1) is 24.0 Å². The van der Waals surface area contributed by atoms with E-state index in [1.165, 1.54) is 5.56 Å². The highest BCUT2D eigenvalue weighted by atomic mass is 127. The Balaban J connectivity index is 0.00000385. The number of imidazole rings is 1. The number of rotatable bonds is 11. The number of nitrogens with zero attached hydrogens (tertiary/aromatic N) is 3. The molecule has 0 unspecified atom stereocenters. The molecule has 0 aliphatic rings. The summed E-state index contributed by atoms with van der Waals surface area (Å²) in [6.45, 7) is 7.40. The number of para-hydroxylation sites is 1. The van der Waals surface area contributed by atoms with Crippen molar-refractivity contribution < 1.29 is 9.47 Å². The number of hydrogen-bond acceptors (Lipinski definition) is 4. The molecule has 0 atom stereocenters. The molecule has 3 rings (SSSR count). The molecule has 0 fully saturated rings. The quantitative estimate of drug-likeness (QED) is 0.156. The number of methoxy groups -OCH3 is 1. The monoisotopic (exact) mass is 563 g/mol. The summed E-state index contributed by atoms with van der Waals surface area (Å²) in [5.74, 6) is 1.64. The van der Waals surface area contributed by atoms with E-state index in [2.05, 4.69) is 59.8 Å². The topological polar surface area (TPSA) is 72.7 Å². The van der Waals surface area contributed by atoms with Crippen LogP contribution in [-0.4, -0.2) is 42.4 Å². The third-order valence-corrected chi connectivity index (χ3v) is 4.95. The summed E-state index contributed by atoms with van der Waals surface area (Å²) in [6.07, 6.45) is 6.40. The molecule has 0 bridgehead atoms. The van der Waals surface area contributed by atoms with Crippen molar-refractivity contribution in [1.82, 2.24) is 20.2 Å². The fraction of sp³-hybridized carbons (Fsp3) is 0.360. The molecule has 2 aromatic carbocycles. The van der Waals surface area contributed by atoms with Gasteiger partial charge in [0.25, 0.3) is 0 Å². The molecule has 33 heavy (non-hydrogen) atoms. The summed E-state index contributed by atoms with van der Waals surface area (Å²) in [5, 5.41) is 6.78. The number of hydrogen-bond donors (Lipinski definition) is 2. The lowest BCUT2D eigenvalue weighted by atomic mass is 10.1. The summed E-state index contributed by atoms with van der Waals surface area (Å²) in [6, 6.07) is 14.5. The first-order valence-corrected chi connectivity index (χ1v) is 11.0. The van der Waals surface area contributed by atoms with E-state index in [1.807, 2.05) is 29.2 Å². The molecule has 8 heteroatoms. The van der Waals surface area contributed by atoms with E-state index in [1.54, 1.807) is 13.3 Å². The molecule has 1 aromatic heterocycles. The zero-order valence-electron chi connectivity index (χ0n) is 19.6. The van der Waals surface area contributed by atoms with Gasteiger partial charge in [-0.2, -0.15) is 0 Å². The Morgan fingerprint density at radius 1 is 1.09 bits per heavy atom. The third-order valence-electron chi connectivity index (χ3n) is 4.95. The van der Waals surface area contributed by atoms with Gasteiger partial charge in [0.2, 0.25) is 0 Å². The molecular weight excluding hydrogens is 529 g/mol. The smallest absolute Gasteiger partial charge is 0.191 e. The van der Waals surface area contributed by atoms with Crippen molar-refractivity contribution in [2.45, 2.75) is 33.4 Å². The number of aromatic nitrogens is 2. The minimum atomic E-state index is 0. The highest BCUT2D eigenvalue weighted by Gasteiger charge is 2.07. The molecule has 0 saturated heterocycles. The third kappa shape index (κ3) is 8.36. The van der Waals surface area contributed by atoms with Crippen LogP contribution in [0.2, 0.25) is 0 Å². The zero-order chi connectivity index (χ0) is 22.6. The number of ether oxygens (including phenoxy) is 2. The second-order valence-electron chi connectivity index (χ2n) is 7.45. The van der Waals surface area contributed by atoms with Crippen molar-refractivity contribution in [3.05, 3.63) is 77.9 Å². The van der Waals surface area contributed by atoms with Gasteiger partial charge >= 0.3 is 0 Å². The highest BCUT2D eigenvalue weighted by molar-refractivity contribution is 14.0. The van der Waals surface area contributed by atoms with Crippen molar-refractivity contribution in [2.75, 3.05) is 26.9 Å². The van der Waals surface area contributed by atoms with Crippen LogP contribution in [0.5, 0.6) is 5.75 Å². The fourth-order valence-corrected chi connectivity index (χ4v) is 3.31. The number of halogens is 1. The number of aryl methyl sites for hydroxylation is 1. The molecule has 0 aliphatic carbocycles. The Morgan fingerprint density at radius 2 is 1.94 bits per heavy atom. The van der Waals surface area contributed by atoms with Crippen LogP contribution in [0, 0.1) is 6.92 Å². The number of aliphatic imine (C=N–C) groups is 1. The predicted molar refractivity (Wildman–Crippen MR) is 144 cm³/mol. The molecule has 1 heterocycles. The van der Waals surface area contributed by atoms with E-state index < -0.39 is 0 Å². The van der Waals surface area contributed by atoms with Gasteiger partial charge in [-0.1, -0.05) is 30.3 Å². The number of guanidine groups is 1. The molecule has 0 radical (unpaired) electrons. The maximum Gasteiger partial charge on any atom is 0.191 e. The first kappa shape index (κ1) is 26.7. The Kier molecular flexibility index (Phi) is 11.7. The van der Waals surface area contributed by atoms with E-state index in [0.29, 0.717) is 26.3 Å². The first-order valence-electron chi connectivity index (χ1n) is 11.0. The van der Waals surface area contributed by atoms with Crippen LogP contribution in [-0.2, 0) is 17.8 Å². The largest absolute Gasteiger partial charge is 0.493 e. The molecule has 2 N–H and O–H groups in total. The summed E-state index contributed by atoms with van der Waals surface area (Å²) in [4.78, 5) is 8.96. The van der Waals surface area contributed by atoms with E-state index in [9.17, 15) is 0 Å². The van der Waals surface area contributed by atoms with Crippen molar-refractivity contribution in [3.63, 3.8) is 0 Å². The molecule has 0 aliphatic heterocycles. The second-order valence-corrected chi connectivity index (χ2v) is 7.45. The number of nitrogens with one attached hydrogen (secondary N) is 2. The normalized spacial score (nSPS) is 11.1. The maximum atomic E-state index is 6.00. The van der Waals surface area contributed by atoms with Gasteiger partial charge in [-0.3, -0.25) is 0 Å². The molecule has 7 nitrogen and oxygen atoms in total. The van der Waals surface area contributed by atoms with Crippen molar-refractivity contribution >= 4 is 29.9 Å². The molecule has 0 saturated carbocycles. The van der Waals surface area contributed by atoms with Crippen molar-refractivity contribution in [1.29, 1.82) is 0 Å². The van der Waals surface area contributed by atoms with Crippen LogP contribution < -0.4 is 15.4 Å². The van der Waals surface area contributed by atoms with Gasteiger partial charge in [0.05, 0.1) is 25.2 Å². The molecule has 0 amide bonds. The van der Waals surface area contributed by atoms with Crippen LogP contribution in [0.15, 0.2) is 66.2 Å². The minimum Gasteiger partial charge on any atom is -0.493 e. The Bertz CT molecular complexity index is 992. The zero-order valence-corrected chi connectivity index (χ0v) is 21.9. The van der Waals surface area contributed by atoms with Gasteiger partial charge in [0.1, 0.15) is 5.75 Å². The molecule has 178 valence electrons. The average molecular weight is 563 g/mol. The first-order chi connectivity index (χ1) is 15.7. The van der Waals surface area contributed by atoms with Crippen LogP contribution >= 0.6 is 24.0 Å². The Morgan fingerprint density at radius 3 is 2.70 bits per heavy atom. The standard InChI is InChI=1S/C25H33N5O2.HI/c1-4-27-25(28-17-21-8-5-6-9-23(21)30-13-12-26-19-30)29-18-22-11-10-20(2)16-24(22)32-15-7-14-31-3;/h5-6,8-13,16,19H,4,7,14-15,17-18H2,1-3H3,(H2,27,28,29);1H. The Hall–Kier alpha value is -2.59. The molecule has 3 aromatic rings. The highest BCUT2D eigenvalue weighted by Crippen LogP contribution is 2.21. The maximum absolute atomic E-state index is 6.00. The van der Waals surface area contributed by atoms with E-state index in [4.69, 9.17) is 14.5 Å². The molecular formula is C25H34IN5O2.